The fourth-order valence-electron chi connectivity index (χ4n) is 3.55. The largest absolute Gasteiger partial charge is 0.467 e. The first-order chi connectivity index (χ1) is 11.7. The third kappa shape index (κ3) is 4.69. The van der Waals surface area contributed by atoms with Crippen LogP contribution < -0.4 is 0 Å². The van der Waals surface area contributed by atoms with Crippen molar-refractivity contribution in [1.82, 2.24) is 14.7 Å². The molecule has 3 rings (SSSR count). The number of nitrogens with zero attached hydrogens (tertiary/aromatic N) is 3. The molecule has 0 unspecified atom stereocenters. The maximum absolute atomic E-state index is 10.4. The molecule has 1 aliphatic heterocycles. The van der Waals surface area contributed by atoms with Crippen LogP contribution in [-0.4, -0.2) is 50.1 Å². The predicted molar refractivity (Wildman–Crippen MR) is 90.3 cm³/mol. The second-order valence-electron chi connectivity index (χ2n) is 6.65. The normalized spacial score (nSPS) is 22.2. The van der Waals surface area contributed by atoms with E-state index in [0.29, 0.717) is 25.3 Å². The highest BCUT2D eigenvalue weighted by Crippen LogP contribution is 2.26. The molecule has 6 nitrogen and oxygen atoms in total. The monoisotopic (exact) mass is 333 g/mol. The van der Waals surface area contributed by atoms with Crippen LogP contribution in [0.15, 0.2) is 41.3 Å². The smallest absolute Gasteiger partial charge is 0.132 e. The van der Waals surface area contributed by atoms with Crippen LogP contribution in [0, 0.1) is 0 Å². The summed E-state index contributed by atoms with van der Waals surface area (Å²) in [6, 6.07) is 5.75. The molecular formula is C18H27N3O3. The first-order valence-corrected chi connectivity index (χ1v) is 8.83. The van der Waals surface area contributed by atoms with Gasteiger partial charge in [0.25, 0.3) is 0 Å². The highest BCUT2D eigenvalue weighted by atomic mass is 16.4. The average Bonchev–Trinajstić information content (AvgIpc) is 3.22. The van der Waals surface area contributed by atoms with Gasteiger partial charge in [-0.1, -0.05) is 12.8 Å². The molecule has 1 fully saturated rings. The Morgan fingerprint density at radius 2 is 2.12 bits per heavy atom. The molecule has 0 bridgehead atoms. The zero-order valence-corrected chi connectivity index (χ0v) is 14.0. The minimum absolute atomic E-state index is 0.264. The molecule has 2 aromatic heterocycles. The summed E-state index contributed by atoms with van der Waals surface area (Å²) in [7, 11) is 0. The number of furan rings is 1. The van der Waals surface area contributed by atoms with Crippen molar-refractivity contribution in [1.29, 1.82) is 0 Å². The van der Waals surface area contributed by atoms with Gasteiger partial charge < -0.3 is 14.6 Å². The van der Waals surface area contributed by atoms with Crippen LogP contribution in [0.3, 0.4) is 0 Å². The first kappa shape index (κ1) is 17.2. The first-order valence-electron chi connectivity index (χ1n) is 8.83. The number of aliphatic hydroxyl groups is 2. The van der Waals surface area contributed by atoms with Crippen molar-refractivity contribution in [2.45, 2.75) is 56.9 Å². The Kier molecular flexibility index (Phi) is 6.07. The van der Waals surface area contributed by atoms with Gasteiger partial charge in [0, 0.05) is 25.0 Å². The average molecular weight is 333 g/mol. The molecule has 132 valence electrons. The molecule has 2 N–H and O–H groups in total. The summed E-state index contributed by atoms with van der Waals surface area (Å²) < 4.78 is 7.08. The number of hydrogen-bond donors (Lipinski definition) is 2. The second-order valence-corrected chi connectivity index (χ2v) is 6.65. The third-order valence-corrected chi connectivity index (χ3v) is 4.77. The van der Waals surface area contributed by atoms with Gasteiger partial charge in [0.1, 0.15) is 11.9 Å². The van der Waals surface area contributed by atoms with Gasteiger partial charge in [-0.2, -0.15) is 5.10 Å². The van der Waals surface area contributed by atoms with Crippen molar-refractivity contribution in [3.8, 4) is 0 Å². The van der Waals surface area contributed by atoms with E-state index in [0.717, 1.165) is 19.4 Å². The Morgan fingerprint density at radius 3 is 2.88 bits per heavy atom. The highest BCUT2D eigenvalue weighted by Gasteiger charge is 2.26. The van der Waals surface area contributed by atoms with Crippen molar-refractivity contribution in [3.63, 3.8) is 0 Å². The maximum Gasteiger partial charge on any atom is 0.132 e. The van der Waals surface area contributed by atoms with Crippen molar-refractivity contribution in [2.75, 3.05) is 13.1 Å². The zero-order valence-electron chi connectivity index (χ0n) is 14.0. The standard InChI is InChI=1S/C18H27N3O3/c22-16(14-21-10-5-8-19-21)13-20-9-3-1-2-6-15(20)12-17(23)18-7-4-11-24-18/h4-5,7-8,10-11,15-17,22-23H,1-3,6,9,12-14H2/t15-,16+,17+/m1/s1. The number of rotatable bonds is 7. The van der Waals surface area contributed by atoms with Crippen LogP contribution in [0.2, 0.25) is 0 Å². The molecule has 3 atom stereocenters. The van der Waals surface area contributed by atoms with Gasteiger partial charge in [0.15, 0.2) is 0 Å². The lowest BCUT2D eigenvalue weighted by Gasteiger charge is -2.32. The molecule has 0 radical (unpaired) electrons. The molecule has 0 amide bonds. The molecule has 2 aromatic rings. The Labute approximate surface area is 142 Å². The molecular weight excluding hydrogens is 306 g/mol. The lowest BCUT2D eigenvalue weighted by Crippen LogP contribution is -2.42. The van der Waals surface area contributed by atoms with Crippen LogP contribution in [0.1, 0.15) is 44.0 Å². The molecule has 6 heteroatoms. The van der Waals surface area contributed by atoms with Crippen LogP contribution in [-0.2, 0) is 6.54 Å². The SMILES string of the molecule is O[C@@H](CN1CCCCC[C@@H]1C[C@H](O)c1ccco1)Cn1cccn1. The second kappa shape index (κ2) is 8.46. The van der Waals surface area contributed by atoms with Crippen LogP contribution >= 0.6 is 0 Å². The summed E-state index contributed by atoms with van der Waals surface area (Å²) in [6.45, 7) is 2.07. The van der Waals surface area contributed by atoms with Gasteiger partial charge in [-0.15, -0.1) is 0 Å². The Bertz CT molecular complexity index is 570. The topological polar surface area (TPSA) is 74.7 Å². The molecule has 1 aliphatic rings. The van der Waals surface area contributed by atoms with Crippen LogP contribution in [0.4, 0.5) is 0 Å². The van der Waals surface area contributed by atoms with Gasteiger partial charge in [0.05, 0.1) is 18.9 Å². The quantitative estimate of drug-likeness (QED) is 0.812. The molecule has 24 heavy (non-hydrogen) atoms. The van der Waals surface area contributed by atoms with Gasteiger partial charge in [0.2, 0.25) is 0 Å². The van der Waals surface area contributed by atoms with E-state index < -0.39 is 12.2 Å². The van der Waals surface area contributed by atoms with Crippen molar-refractivity contribution in [3.05, 3.63) is 42.6 Å². The molecule has 0 spiro atoms. The molecule has 0 saturated carbocycles. The Balaban J connectivity index is 1.59. The molecule has 1 saturated heterocycles. The Hall–Kier alpha value is -1.63. The highest BCUT2D eigenvalue weighted by molar-refractivity contribution is 5.02. The van der Waals surface area contributed by atoms with Crippen LogP contribution in [0.25, 0.3) is 0 Å². The van der Waals surface area contributed by atoms with Crippen molar-refractivity contribution < 1.29 is 14.6 Å². The van der Waals surface area contributed by atoms with E-state index in [1.165, 1.54) is 12.8 Å². The lowest BCUT2D eigenvalue weighted by molar-refractivity contribution is 0.0461. The molecule has 0 aliphatic carbocycles. The number of hydrogen-bond acceptors (Lipinski definition) is 5. The summed E-state index contributed by atoms with van der Waals surface area (Å²) in [5.41, 5.74) is 0. The number of likely N-dealkylation sites (tertiary alicyclic amines) is 1. The van der Waals surface area contributed by atoms with E-state index in [1.807, 2.05) is 18.3 Å². The van der Waals surface area contributed by atoms with E-state index in [4.69, 9.17) is 4.42 Å². The van der Waals surface area contributed by atoms with Gasteiger partial charge in [-0.25, -0.2) is 0 Å². The molecule has 3 heterocycles. The minimum atomic E-state index is -0.589. The number of β-amino-alcohol motifs (C(OH)–C–C–N with tert-alkyl or cyclic N) is 1. The van der Waals surface area contributed by atoms with Crippen molar-refractivity contribution in [2.24, 2.45) is 0 Å². The van der Waals surface area contributed by atoms with E-state index in [2.05, 4.69) is 10.00 Å². The fourth-order valence-corrected chi connectivity index (χ4v) is 3.55. The Morgan fingerprint density at radius 1 is 1.21 bits per heavy atom. The van der Waals surface area contributed by atoms with E-state index in [1.54, 1.807) is 23.2 Å². The van der Waals surface area contributed by atoms with E-state index in [-0.39, 0.29) is 6.04 Å². The van der Waals surface area contributed by atoms with E-state index >= 15 is 0 Å². The zero-order chi connectivity index (χ0) is 16.8. The van der Waals surface area contributed by atoms with E-state index in [9.17, 15) is 10.2 Å². The lowest BCUT2D eigenvalue weighted by atomic mass is 10.0. The number of aliphatic hydroxyl groups excluding tert-OH is 2. The summed E-state index contributed by atoms with van der Waals surface area (Å²) in [4.78, 5) is 2.33. The van der Waals surface area contributed by atoms with Gasteiger partial charge in [-0.3, -0.25) is 9.58 Å². The third-order valence-electron chi connectivity index (χ3n) is 4.77. The molecule has 0 aromatic carbocycles. The summed E-state index contributed by atoms with van der Waals surface area (Å²) >= 11 is 0. The summed E-state index contributed by atoms with van der Waals surface area (Å²) in [6.07, 6.45) is 9.33. The maximum atomic E-state index is 10.4. The predicted octanol–water partition coefficient (Wildman–Crippen LogP) is 2.21. The summed E-state index contributed by atoms with van der Waals surface area (Å²) in [5, 5.41) is 25.0. The fraction of sp³-hybridized carbons (Fsp3) is 0.611. The van der Waals surface area contributed by atoms with Crippen LogP contribution in [0.5, 0.6) is 0 Å². The van der Waals surface area contributed by atoms with Gasteiger partial charge in [-0.05, 0) is 44.0 Å². The van der Waals surface area contributed by atoms with Crippen molar-refractivity contribution >= 4 is 0 Å². The minimum Gasteiger partial charge on any atom is -0.467 e. The van der Waals surface area contributed by atoms with Gasteiger partial charge >= 0.3 is 0 Å². The number of aromatic nitrogens is 2. The summed E-state index contributed by atoms with van der Waals surface area (Å²) in [5.74, 6) is 0.622.